The molecule has 1 aliphatic carbocycles. The molecular formula is C16H20N2O2. The van der Waals surface area contributed by atoms with Crippen LogP contribution in [0.2, 0.25) is 0 Å². The van der Waals surface area contributed by atoms with E-state index in [-0.39, 0.29) is 11.8 Å². The van der Waals surface area contributed by atoms with Gasteiger partial charge in [0.25, 0.3) is 0 Å². The molecule has 2 amide bonds. The molecule has 0 bridgehead atoms. The minimum absolute atomic E-state index is 0.00227. The molecule has 0 spiro atoms. The lowest BCUT2D eigenvalue weighted by atomic mass is 10.0. The van der Waals surface area contributed by atoms with Crippen LogP contribution in [0.25, 0.3) is 0 Å². The van der Waals surface area contributed by atoms with Crippen molar-refractivity contribution in [1.82, 2.24) is 5.32 Å². The molecule has 4 nitrogen and oxygen atoms in total. The van der Waals surface area contributed by atoms with Gasteiger partial charge in [0.05, 0.1) is 0 Å². The Kier molecular flexibility index (Phi) is 3.24. The summed E-state index contributed by atoms with van der Waals surface area (Å²) in [5, 5.41) is 2.79. The fourth-order valence-electron chi connectivity index (χ4n) is 3.17. The number of fused-ring (bicyclic) bond motifs is 1. The molecule has 0 saturated carbocycles. The highest BCUT2D eigenvalue weighted by atomic mass is 16.2. The van der Waals surface area contributed by atoms with Gasteiger partial charge in [-0.25, -0.2) is 0 Å². The van der Waals surface area contributed by atoms with E-state index in [1.165, 1.54) is 17.5 Å². The highest BCUT2D eigenvalue weighted by Crippen LogP contribution is 2.29. The van der Waals surface area contributed by atoms with Crippen LogP contribution < -0.4 is 10.2 Å². The maximum absolute atomic E-state index is 12.5. The molecule has 2 unspecified atom stereocenters. The molecule has 3 rings (SSSR count). The van der Waals surface area contributed by atoms with Crippen molar-refractivity contribution >= 4 is 17.5 Å². The number of piperazine rings is 1. The number of hydrogen-bond acceptors (Lipinski definition) is 2. The van der Waals surface area contributed by atoms with Crippen molar-refractivity contribution in [2.45, 2.75) is 51.6 Å². The molecule has 4 heteroatoms. The van der Waals surface area contributed by atoms with Gasteiger partial charge < -0.3 is 5.32 Å². The largest absolute Gasteiger partial charge is 0.343 e. The Hall–Kier alpha value is -1.84. The van der Waals surface area contributed by atoms with Crippen LogP contribution in [0.1, 0.15) is 37.8 Å². The van der Waals surface area contributed by atoms with Crippen LogP contribution in [0.15, 0.2) is 18.2 Å². The number of hydrogen-bond donors (Lipinski definition) is 1. The second kappa shape index (κ2) is 4.93. The summed E-state index contributed by atoms with van der Waals surface area (Å²) in [6.45, 7) is 3.70. The maximum Gasteiger partial charge on any atom is 0.250 e. The Balaban J connectivity index is 1.98. The van der Waals surface area contributed by atoms with Gasteiger partial charge in [0.15, 0.2) is 0 Å². The zero-order chi connectivity index (χ0) is 14.3. The topological polar surface area (TPSA) is 49.4 Å². The van der Waals surface area contributed by atoms with Gasteiger partial charge in [0.1, 0.15) is 12.1 Å². The Labute approximate surface area is 119 Å². The van der Waals surface area contributed by atoms with E-state index in [4.69, 9.17) is 0 Å². The summed E-state index contributed by atoms with van der Waals surface area (Å²) in [5.74, 6) is -0.0745. The number of rotatable bonds is 2. The SMILES string of the molecule is CCC1NC(=O)C(C)N(c2ccc3c(c2)CCC3)C1=O. The number of benzene rings is 1. The van der Waals surface area contributed by atoms with Crippen molar-refractivity contribution in [3.8, 4) is 0 Å². The Bertz CT molecular complexity index is 568. The number of anilines is 1. The van der Waals surface area contributed by atoms with Crippen molar-refractivity contribution in [2.75, 3.05) is 4.90 Å². The van der Waals surface area contributed by atoms with Gasteiger partial charge in [0, 0.05) is 5.69 Å². The Morgan fingerprint density at radius 2 is 2.00 bits per heavy atom. The molecule has 1 fully saturated rings. The third kappa shape index (κ3) is 1.99. The number of carbonyl (C=O) groups excluding carboxylic acids is 2. The van der Waals surface area contributed by atoms with E-state index in [0.717, 1.165) is 18.5 Å². The smallest absolute Gasteiger partial charge is 0.250 e. The number of carbonyl (C=O) groups is 2. The number of nitrogens with one attached hydrogen (secondary N) is 1. The first-order chi connectivity index (χ1) is 9.61. The van der Waals surface area contributed by atoms with Gasteiger partial charge in [-0.2, -0.15) is 0 Å². The fraction of sp³-hybridized carbons (Fsp3) is 0.500. The summed E-state index contributed by atoms with van der Waals surface area (Å²) in [7, 11) is 0. The molecule has 0 aromatic heterocycles. The number of aryl methyl sites for hydroxylation is 2. The lowest BCUT2D eigenvalue weighted by Crippen LogP contribution is -2.62. The van der Waals surface area contributed by atoms with Crippen LogP contribution in [0.4, 0.5) is 5.69 Å². The molecule has 2 aliphatic rings. The zero-order valence-corrected chi connectivity index (χ0v) is 12.0. The molecule has 1 aromatic rings. The summed E-state index contributed by atoms with van der Waals surface area (Å²) in [4.78, 5) is 26.2. The van der Waals surface area contributed by atoms with Crippen LogP contribution in [0, 0.1) is 0 Å². The molecule has 1 aliphatic heterocycles. The molecule has 1 N–H and O–H groups in total. The highest BCUT2D eigenvalue weighted by molar-refractivity contribution is 6.08. The monoisotopic (exact) mass is 272 g/mol. The molecule has 1 saturated heterocycles. The predicted molar refractivity (Wildman–Crippen MR) is 77.6 cm³/mol. The van der Waals surface area contributed by atoms with Crippen molar-refractivity contribution in [3.63, 3.8) is 0 Å². The zero-order valence-electron chi connectivity index (χ0n) is 12.0. The van der Waals surface area contributed by atoms with E-state index in [2.05, 4.69) is 17.4 Å². The van der Waals surface area contributed by atoms with Crippen LogP contribution in [0.3, 0.4) is 0 Å². The summed E-state index contributed by atoms with van der Waals surface area (Å²) in [6, 6.07) is 5.33. The van der Waals surface area contributed by atoms with E-state index in [0.29, 0.717) is 6.42 Å². The van der Waals surface area contributed by atoms with E-state index in [9.17, 15) is 9.59 Å². The van der Waals surface area contributed by atoms with Gasteiger partial charge in [-0.15, -0.1) is 0 Å². The van der Waals surface area contributed by atoms with Crippen LogP contribution in [-0.4, -0.2) is 23.9 Å². The Morgan fingerprint density at radius 3 is 2.75 bits per heavy atom. The molecule has 1 heterocycles. The molecule has 1 aromatic carbocycles. The summed E-state index contributed by atoms with van der Waals surface area (Å²) in [6.07, 6.45) is 4.00. The summed E-state index contributed by atoms with van der Waals surface area (Å²) < 4.78 is 0. The van der Waals surface area contributed by atoms with E-state index >= 15 is 0 Å². The van der Waals surface area contributed by atoms with Crippen LogP contribution in [-0.2, 0) is 22.4 Å². The first kappa shape index (κ1) is 13.2. The van der Waals surface area contributed by atoms with Crippen molar-refractivity contribution in [2.24, 2.45) is 0 Å². The fourth-order valence-corrected chi connectivity index (χ4v) is 3.17. The van der Waals surface area contributed by atoms with Crippen LogP contribution >= 0.6 is 0 Å². The second-order valence-corrected chi connectivity index (χ2v) is 5.66. The quantitative estimate of drug-likeness (QED) is 0.892. The summed E-state index contributed by atoms with van der Waals surface area (Å²) in [5.41, 5.74) is 3.56. The standard InChI is InChI=1S/C16H20N2O2/c1-3-14-16(20)18(10(2)15(19)17-14)13-8-7-11-5-4-6-12(11)9-13/h7-10,14H,3-6H2,1-2H3,(H,17,19). The maximum atomic E-state index is 12.5. The second-order valence-electron chi connectivity index (χ2n) is 5.66. The summed E-state index contributed by atoms with van der Waals surface area (Å²) >= 11 is 0. The van der Waals surface area contributed by atoms with Crippen molar-refractivity contribution in [1.29, 1.82) is 0 Å². The lowest BCUT2D eigenvalue weighted by molar-refractivity contribution is -0.133. The van der Waals surface area contributed by atoms with Crippen LogP contribution in [0.5, 0.6) is 0 Å². The van der Waals surface area contributed by atoms with E-state index in [1.807, 2.05) is 13.0 Å². The van der Waals surface area contributed by atoms with Gasteiger partial charge in [-0.1, -0.05) is 13.0 Å². The molecule has 20 heavy (non-hydrogen) atoms. The minimum Gasteiger partial charge on any atom is -0.343 e. The van der Waals surface area contributed by atoms with Gasteiger partial charge in [0.2, 0.25) is 11.8 Å². The normalized spacial score (nSPS) is 25.6. The van der Waals surface area contributed by atoms with E-state index < -0.39 is 12.1 Å². The lowest BCUT2D eigenvalue weighted by Gasteiger charge is -2.37. The average molecular weight is 272 g/mol. The predicted octanol–water partition coefficient (Wildman–Crippen LogP) is 1.81. The first-order valence-electron chi connectivity index (χ1n) is 7.37. The van der Waals surface area contributed by atoms with E-state index in [1.54, 1.807) is 11.8 Å². The number of nitrogens with zero attached hydrogens (tertiary/aromatic N) is 1. The molecule has 106 valence electrons. The molecular weight excluding hydrogens is 252 g/mol. The minimum atomic E-state index is -0.440. The first-order valence-corrected chi connectivity index (χ1v) is 7.37. The van der Waals surface area contributed by atoms with Gasteiger partial charge in [-0.3, -0.25) is 14.5 Å². The third-order valence-corrected chi connectivity index (χ3v) is 4.39. The average Bonchev–Trinajstić information content (AvgIpc) is 2.90. The van der Waals surface area contributed by atoms with Gasteiger partial charge >= 0.3 is 0 Å². The van der Waals surface area contributed by atoms with Crippen molar-refractivity contribution in [3.05, 3.63) is 29.3 Å². The molecule has 0 radical (unpaired) electrons. The van der Waals surface area contributed by atoms with Gasteiger partial charge in [-0.05, 0) is 55.9 Å². The molecule has 2 atom stereocenters. The number of amides is 2. The van der Waals surface area contributed by atoms with Crippen molar-refractivity contribution < 1.29 is 9.59 Å². The Morgan fingerprint density at radius 1 is 1.25 bits per heavy atom. The highest BCUT2D eigenvalue weighted by Gasteiger charge is 2.38. The third-order valence-electron chi connectivity index (χ3n) is 4.39.